The lowest BCUT2D eigenvalue weighted by Gasteiger charge is -2.06. The topological polar surface area (TPSA) is 150 Å². The zero-order valence-electron chi connectivity index (χ0n) is 10.8. The van der Waals surface area contributed by atoms with Crippen molar-refractivity contribution in [2.75, 3.05) is 0 Å². The largest absolute Gasteiger partial charge is 0.446 e. The molecular weight excluding hydrogens is 300 g/mol. The van der Waals surface area contributed by atoms with Crippen LogP contribution in [0.25, 0.3) is 10.9 Å². The highest BCUT2D eigenvalue weighted by atomic mass is 32.3. The van der Waals surface area contributed by atoms with Gasteiger partial charge >= 0.3 is 10.4 Å². The molecule has 0 fully saturated rings. The zero-order chi connectivity index (χ0) is 15.8. The summed E-state index contributed by atoms with van der Waals surface area (Å²) in [6.45, 7) is 0. The first-order valence-corrected chi connectivity index (χ1v) is 6.95. The average Bonchev–Trinajstić information content (AvgIpc) is 2.65. The van der Waals surface area contributed by atoms with Crippen LogP contribution in [0.2, 0.25) is 0 Å². The Morgan fingerprint density at radius 3 is 2.62 bits per heavy atom. The van der Waals surface area contributed by atoms with Gasteiger partial charge in [0.1, 0.15) is 5.69 Å². The van der Waals surface area contributed by atoms with Crippen LogP contribution in [0.4, 0.5) is 0 Å². The average molecular weight is 312 g/mol. The van der Waals surface area contributed by atoms with Crippen LogP contribution in [0, 0.1) is 0 Å². The third kappa shape index (κ3) is 3.12. The smallest absolute Gasteiger partial charge is 0.370 e. The normalized spacial score (nSPS) is 11.3. The van der Waals surface area contributed by atoms with Gasteiger partial charge in [0, 0.05) is 12.4 Å². The minimum absolute atomic E-state index is 0.124. The summed E-state index contributed by atoms with van der Waals surface area (Å²) in [5.41, 5.74) is 10.7. The lowest BCUT2D eigenvalue weighted by Crippen LogP contribution is -2.24. The maximum Gasteiger partial charge on any atom is 0.446 e. The monoisotopic (exact) mass is 312 g/mol. The lowest BCUT2D eigenvalue weighted by molar-refractivity contribution is 0.0995. The third-order valence-electron chi connectivity index (χ3n) is 2.66. The van der Waals surface area contributed by atoms with E-state index in [1.165, 1.54) is 29.8 Å². The van der Waals surface area contributed by atoms with Gasteiger partial charge in [-0.05, 0) is 12.1 Å². The SMILES string of the molecule is Cn1c(C(=O)N=C(N)N)cc2cccc(OS(=O)(=O)O)c21. The fourth-order valence-electron chi connectivity index (χ4n) is 1.94. The van der Waals surface area contributed by atoms with Crippen LogP contribution in [-0.4, -0.2) is 29.4 Å². The van der Waals surface area contributed by atoms with E-state index in [9.17, 15) is 13.2 Å². The van der Waals surface area contributed by atoms with Crippen molar-refractivity contribution >= 4 is 33.2 Å². The minimum Gasteiger partial charge on any atom is -0.370 e. The molecule has 0 unspecified atom stereocenters. The summed E-state index contributed by atoms with van der Waals surface area (Å²) in [6, 6.07) is 5.96. The van der Waals surface area contributed by atoms with Crippen molar-refractivity contribution in [1.82, 2.24) is 4.57 Å². The van der Waals surface area contributed by atoms with Crippen molar-refractivity contribution in [3.63, 3.8) is 0 Å². The maximum absolute atomic E-state index is 11.9. The highest BCUT2D eigenvalue weighted by Gasteiger charge is 2.18. The van der Waals surface area contributed by atoms with Gasteiger partial charge in [-0.2, -0.15) is 13.4 Å². The Morgan fingerprint density at radius 2 is 2.05 bits per heavy atom. The number of aliphatic imine (C=N–C) groups is 1. The molecule has 0 atom stereocenters. The predicted octanol–water partition coefficient (Wildman–Crippen LogP) is -0.226. The van der Waals surface area contributed by atoms with E-state index in [2.05, 4.69) is 9.18 Å². The van der Waals surface area contributed by atoms with Gasteiger partial charge in [0.2, 0.25) is 0 Å². The Labute approximate surface area is 119 Å². The molecule has 0 aliphatic rings. The number of hydrogen-bond donors (Lipinski definition) is 3. The van der Waals surface area contributed by atoms with Gasteiger partial charge in [-0.3, -0.25) is 9.35 Å². The molecule has 9 nitrogen and oxygen atoms in total. The Morgan fingerprint density at radius 1 is 1.38 bits per heavy atom. The number of fused-ring (bicyclic) bond motifs is 1. The number of hydrogen-bond acceptors (Lipinski definition) is 4. The van der Waals surface area contributed by atoms with Crippen LogP contribution in [0.15, 0.2) is 29.3 Å². The van der Waals surface area contributed by atoms with Crippen molar-refractivity contribution in [3.8, 4) is 5.75 Å². The van der Waals surface area contributed by atoms with Gasteiger partial charge in [0.15, 0.2) is 11.7 Å². The van der Waals surface area contributed by atoms with E-state index < -0.39 is 16.3 Å². The molecule has 0 saturated heterocycles. The Hall–Kier alpha value is -2.59. The number of aromatic nitrogens is 1. The van der Waals surface area contributed by atoms with Gasteiger partial charge in [-0.15, -0.1) is 0 Å². The number of aryl methyl sites for hydroxylation is 1. The maximum atomic E-state index is 11.9. The fourth-order valence-corrected chi connectivity index (χ4v) is 2.30. The molecule has 1 aromatic heterocycles. The Balaban J connectivity index is 2.64. The minimum atomic E-state index is -4.68. The summed E-state index contributed by atoms with van der Waals surface area (Å²) < 4.78 is 36.3. The predicted molar refractivity (Wildman–Crippen MR) is 75.2 cm³/mol. The Kier molecular flexibility index (Phi) is 3.58. The number of amides is 1. The highest BCUT2D eigenvalue weighted by Crippen LogP contribution is 2.29. The first-order valence-electron chi connectivity index (χ1n) is 5.58. The van der Waals surface area contributed by atoms with Crippen LogP contribution >= 0.6 is 0 Å². The standard InChI is InChI=1S/C11H12N4O5S/c1-15-7(10(16)14-11(12)13)5-6-3-2-4-8(9(6)15)20-21(17,18)19/h2-5H,1H3,(H,17,18,19)(H4,12,13,14,16). The van der Waals surface area contributed by atoms with Crippen molar-refractivity contribution in [3.05, 3.63) is 30.0 Å². The van der Waals surface area contributed by atoms with E-state index in [0.717, 1.165) is 0 Å². The van der Waals surface area contributed by atoms with Crippen molar-refractivity contribution < 1.29 is 21.9 Å². The summed E-state index contributed by atoms with van der Waals surface area (Å²) in [5.74, 6) is -1.20. The van der Waals surface area contributed by atoms with E-state index in [0.29, 0.717) is 10.9 Å². The molecule has 1 amide bonds. The van der Waals surface area contributed by atoms with Gasteiger partial charge in [-0.25, -0.2) is 0 Å². The number of nitrogens with two attached hydrogens (primary N) is 2. The molecule has 0 spiro atoms. The zero-order valence-corrected chi connectivity index (χ0v) is 11.7. The van der Waals surface area contributed by atoms with Crippen molar-refractivity contribution in [2.24, 2.45) is 23.5 Å². The Bertz CT molecular complexity index is 849. The summed E-state index contributed by atoms with van der Waals surface area (Å²) in [6.07, 6.45) is 0. The van der Waals surface area contributed by atoms with Crippen LogP contribution in [0.5, 0.6) is 5.75 Å². The first kappa shape index (κ1) is 14.8. The van der Waals surface area contributed by atoms with Gasteiger partial charge in [0.05, 0.1) is 5.52 Å². The van der Waals surface area contributed by atoms with Gasteiger partial charge in [-0.1, -0.05) is 12.1 Å². The van der Waals surface area contributed by atoms with Crippen LogP contribution < -0.4 is 15.7 Å². The van der Waals surface area contributed by atoms with Crippen LogP contribution in [0.1, 0.15) is 10.5 Å². The van der Waals surface area contributed by atoms with Crippen LogP contribution in [0.3, 0.4) is 0 Å². The molecule has 2 rings (SSSR count). The summed E-state index contributed by atoms with van der Waals surface area (Å²) >= 11 is 0. The summed E-state index contributed by atoms with van der Waals surface area (Å²) in [7, 11) is -3.17. The lowest BCUT2D eigenvalue weighted by atomic mass is 10.2. The fraction of sp³-hybridized carbons (Fsp3) is 0.0909. The molecule has 0 aliphatic carbocycles. The number of benzene rings is 1. The molecule has 1 aromatic carbocycles. The van der Waals surface area contributed by atoms with E-state index in [-0.39, 0.29) is 17.4 Å². The third-order valence-corrected chi connectivity index (χ3v) is 3.05. The second-order valence-electron chi connectivity index (χ2n) is 4.14. The van der Waals surface area contributed by atoms with Crippen LogP contribution in [-0.2, 0) is 17.4 Å². The first-order chi connectivity index (χ1) is 9.69. The van der Waals surface area contributed by atoms with E-state index in [1.807, 2.05) is 0 Å². The molecule has 0 saturated carbocycles. The number of nitrogens with zero attached hydrogens (tertiary/aromatic N) is 2. The number of para-hydroxylation sites is 1. The van der Waals surface area contributed by atoms with Gasteiger partial charge < -0.3 is 20.2 Å². The molecule has 112 valence electrons. The molecule has 10 heteroatoms. The van der Waals surface area contributed by atoms with E-state index in [4.69, 9.17) is 16.0 Å². The number of carbonyl (C=O) groups is 1. The molecule has 2 aromatic rings. The van der Waals surface area contributed by atoms with Crippen molar-refractivity contribution in [1.29, 1.82) is 0 Å². The summed E-state index contributed by atoms with van der Waals surface area (Å²) in [5, 5.41) is 0.521. The van der Waals surface area contributed by atoms with E-state index >= 15 is 0 Å². The molecule has 0 aliphatic heterocycles. The molecule has 5 N–H and O–H groups in total. The number of guanidine groups is 1. The number of rotatable bonds is 3. The van der Waals surface area contributed by atoms with Crippen molar-refractivity contribution in [2.45, 2.75) is 0 Å². The van der Waals surface area contributed by atoms with E-state index in [1.54, 1.807) is 6.07 Å². The highest BCUT2D eigenvalue weighted by molar-refractivity contribution is 7.81. The summed E-state index contributed by atoms with van der Waals surface area (Å²) in [4.78, 5) is 15.3. The molecule has 1 heterocycles. The number of carbonyl (C=O) groups excluding carboxylic acids is 1. The van der Waals surface area contributed by atoms with Gasteiger partial charge in [0.25, 0.3) is 5.91 Å². The molecular formula is C11H12N4O5S. The second kappa shape index (κ2) is 5.07. The molecule has 0 bridgehead atoms. The molecule has 21 heavy (non-hydrogen) atoms. The quantitative estimate of drug-likeness (QED) is 0.402. The second-order valence-corrected chi connectivity index (χ2v) is 5.16. The molecule has 0 radical (unpaired) electrons.